The van der Waals surface area contributed by atoms with Crippen molar-refractivity contribution in [3.8, 4) is 5.75 Å². The van der Waals surface area contributed by atoms with Gasteiger partial charge in [-0.05, 0) is 56.0 Å². The summed E-state index contributed by atoms with van der Waals surface area (Å²) >= 11 is 0. The van der Waals surface area contributed by atoms with E-state index in [1.54, 1.807) is 0 Å². The third-order valence-electron chi connectivity index (χ3n) is 4.86. The molecule has 1 N–H and O–H groups in total. The molecule has 3 rings (SSSR count). The van der Waals surface area contributed by atoms with Gasteiger partial charge in [-0.25, -0.2) is 0 Å². The summed E-state index contributed by atoms with van der Waals surface area (Å²) in [5.41, 5.74) is 4.98. The van der Waals surface area contributed by atoms with Gasteiger partial charge in [0.1, 0.15) is 11.4 Å². The Morgan fingerprint density at radius 1 is 1.35 bits per heavy atom. The zero-order chi connectivity index (χ0) is 16.4. The topological polar surface area (TPSA) is 34.2 Å². The van der Waals surface area contributed by atoms with Crippen molar-refractivity contribution in [2.24, 2.45) is 0 Å². The van der Waals surface area contributed by atoms with Crippen LogP contribution in [0.4, 0.5) is 0 Å². The Bertz CT molecular complexity index is 684. The highest BCUT2D eigenvalue weighted by Crippen LogP contribution is 2.43. The first-order chi connectivity index (χ1) is 11.0. The molecular weight excluding hydrogens is 284 g/mol. The molecule has 2 heterocycles. The fraction of sp³-hybridized carbons (Fsp3) is 0.450. The normalized spacial score (nSPS) is 23.2. The minimum atomic E-state index is -0.111. The van der Waals surface area contributed by atoms with Crippen LogP contribution in [0.2, 0.25) is 0 Å². The first kappa shape index (κ1) is 16.0. The van der Waals surface area contributed by atoms with Crippen molar-refractivity contribution < 1.29 is 4.74 Å². The molecule has 0 fully saturated rings. The van der Waals surface area contributed by atoms with Gasteiger partial charge in [0.2, 0.25) is 0 Å². The summed E-state index contributed by atoms with van der Waals surface area (Å²) in [6, 6.07) is 8.83. The standard InChI is InChI=1S/C20H26N2O/c1-5-20(4)11-17(22-13-16-7-6-8-21-12-16)19-15(3)9-14(2)10-18(19)23-20/h6-10,12,17,22H,5,11,13H2,1-4H3. The van der Waals surface area contributed by atoms with E-state index in [1.807, 2.05) is 18.5 Å². The maximum atomic E-state index is 6.36. The van der Waals surface area contributed by atoms with Crippen LogP contribution in [0.1, 0.15) is 55.0 Å². The van der Waals surface area contributed by atoms with Gasteiger partial charge in [-0.2, -0.15) is 0 Å². The molecule has 0 aliphatic carbocycles. The molecule has 2 atom stereocenters. The van der Waals surface area contributed by atoms with Gasteiger partial charge in [-0.3, -0.25) is 4.98 Å². The molecule has 122 valence electrons. The smallest absolute Gasteiger partial charge is 0.125 e. The first-order valence-electron chi connectivity index (χ1n) is 8.43. The number of nitrogens with one attached hydrogen (secondary N) is 1. The largest absolute Gasteiger partial charge is 0.487 e. The molecule has 3 heteroatoms. The number of benzene rings is 1. The number of nitrogens with zero attached hydrogens (tertiary/aromatic N) is 1. The van der Waals surface area contributed by atoms with E-state index in [9.17, 15) is 0 Å². The lowest BCUT2D eigenvalue weighted by Gasteiger charge is -2.41. The van der Waals surface area contributed by atoms with Crippen LogP contribution in [0.15, 0.2) is 36.7 Å². The number of ether oxygens (including phenoxy) is 1. The average Bonchev–Trinajstić information content (AvgIpc) is 2.52. The molecule has 1 aromatic carbocycles. The second kappa shape index (κ2) is 6.32. The number of hydrogen-bond acceptors (Lipinski definition) is 3. The number of aryl methyl sites for hydroxylation is 2. The van der Waals surface area contributed by atoms with Gasteiger partial charge in [0.25, 0.3) is 0 Å². The molecule has 23 heavy (non-hydrogen) atoms. The molecule has 0 radical (unpaired) electrons. The van der Waals surface area contributed by atoms with Crippen LogP contribution in [0.5, 0.6) is 5.75 Å². The fourth-order valence-corrected chi connectivity index (χ4v) is 3.45. The van der Waals surface area contributed by atoms with Gasteiger partial charge >= 0.3 is 0 Å². The highest BCUT2D eigenvalue weighted by molar-refractivity contribution is 5.47. The molecule has 0 saturated heterocycles. The highest BCUT2D eigenvalue weighted by atomic mass is 16.5. The number of pyridine rings is 1. The van der Waals surface area contributed by atoms with Crippen molar-refractivity contribution in [2.45, 2.75) is 58.7 Å². The van der Waals surface area contributed by atoms with E-state index in [4.69, 9.17) is 4.74 Å². The summed E-state index contributed by atoms with van der Waals surface area (Å²) in [5.74, 6) is 1.04. The van der Waals surface area contributed by atoms with Crippen molar-refractivity contribution in [3.63, 3.8) is 0 Å². The molecule has 0 bridgehead atoms. The predicted octanol–water partition coefficient (Wildman–Crippen LogP) is 4.48. The summed E-state index contributed by atoms with van der Waals surface area (Å²) in [6.07, 6.45) is 5.73. The summed E-state index contributed by atoms with van der Waals surface area (Å²) in [5, 5.41) is 3.72. The van der Waals surface area contributed by atoms with E-state index >= 15 is 0 Å². The zero-order valence-electron chi connectivity index (χ0n) is 14.5. The number of fused-ring (bicyclic) bond motifs is 1. The summed E-state index contributed by atoms with van der Waals surface area (Å²) < 4.78 is 6.36. The Balaban J connectivity index is 1.90. The first-order valence-corrected chi connectivity index (χ1v) is 8.43. The van der Waals surface area contributed by atoms with Gasteiger partial charge in [-0.15, -0.1) is 0 Å². The van der Waals surface area contributed by atoms with E-state index in [1.165, 1.54) is 22.3 Å². The minimum absolute atomic E-state index is 0.111. The average molecular weight is 310 g/mol. The van der Waals surface area contributed by atoms with Crippen molar-refractivity contribution in [1.82, 2.24) is 10.3 Å². The number of hydrogen-bond donors (Lipinski definition) is 1. The molecule has 2 unspecified atom stereocenters. The number of rotatable bonds is 4. The quantitative estimate of drug-likeness (QED) is 0.904. The van der Waals surface area contributed by atoms with Crippen LogP contribution < -0.4 is 10.1 Å². The van der Waals surface area contributed by atoms with Crippen LogP contribution in [0.3, 0.4) is 0 Å². The third kappa shape index (κ3) is 3.40. The maximum Gasteiger partial charge on any atom is 0.125 e. The van der Waals surface area contributed by atoms with Crippen molar-refractivity contribution in [3.05, 3.63) is 58.9 Å². The Labute approximate surface area is 139 Å². The second-order valence-electron chi connectivity index (χ2n) is 6.90. The van der Waals surface area contributed by atoms with Gasteiger partial charge in [0, 0.05) is 37.0 Å². The molecule has 2 aromatic rings. The third-order valence-corrected chi connectivity index (χ3v) is 4.86. The maximum absolute atomic E-state index is 6.36. The zero-order valence-corrected chi connectivity index (χ0v) is 14.5. The fourth-order valence-electron chi connectivity index (χ4n) is 3.45. The Morgan fingerprint density at radius 2 is 2.17 bits per heavy atom. The lowest BCUT2D eigenvalue weighted by Crippen LogP contribution is -2.41. The minimum Gasteiger partial charge on any atom is -0.487 e. The molecule has 1 aromatic heterocycles. The number of aromatic nitrogens is 1. The molecule has 0 spiro atoms. The second-order valence-corrected chi connectivity index (χ2v) is 6.90. The van der Waals surface area contributed by atoms with E-state index < -0.39 is 0 Å². The van der Waals surface area contributed by atoms with Gasteiger partial charge in [0.05, 0.1) is 0 Å². The van der Waals surface area contributed by atoms with Crippen LogP contribution in [0, 0.1) is 13.8 Å². The highest BCUT2D eigenvalue weighted by Gasteiger charge is 2.36. The van der Waals surface area contributed by atoms with E-state index in [2.05, 4.69) is 56.2 Å². The molecular formula is C20H26N2O. The van der Waals surface area contributed by atoms with Crippen molar-refractivity contribution in [2.75, 3.05) is 0 Å². The van der Waals surface area contributed by atoms with Gasteiger partial charge in [0.15, 0.2) is 0 Å². The lowest BCUT2D eigenvalue weighted by atomic mass is 9.84. The van der Waals surface area contributed by atoms with Crippen LogP contribution in [-0.2, 0) is 6.54 Å². The van der Waals surface area contributed by atoms with E-state index in [0.717, 1.165) is 25.1 Å². The van der Waals surface area contributed by atoms with Crippen LogP contribution >= 0.6 is 0 Å². The molecule has 1 aliphatic heterocycles. The van der Waals surface area contributed by atoms with Gasteiger partial charge in [-0.1, -0.05) is 19.1 Å². The Kier molecular flexibility index (Phi) is 4.40. The summed E-state index contributed by atoms with van der Waals surface area (Å²) in [4.78, 5) is 4.20. The van der Waals surface area contributed by atoms with Crippen molar-refractivity contribution >= 4 is 0 Å². The lowest BCUT2D eigenvalue weighted by molar-refractivity contribution is 0.0436. The molecule has 1 aliphatic rings. The predicted molar refractivity (Wildman–Crippen MR) is 93.7 cm³/mol. The van der Waals surface area contributed by atoms with Crippen LogP contribution in [0.25, 0.3) is 0 Å². The van der Waals surface area contributed by atoms with E-state index in [-0.39, 0.29) is 5.60 Å². The van der Waals surface area contributed by atoms with Gasteiger partial charge < -0.3 is 10.1 Å². The SMILES string of the molecule is CCC1(C)CC(NCc2cccnc2)c2c(C)cc(C)cc2O1. The molecule has 0 saturated carbocycles. The Morgan fingerprint density at radius 3 is 2.87 bits per heavy atom. The molecule has 3 nitrogen and oxygen atoms in total. The summed E-state index contributed by atoms with van der Waals surface area (Å²) in [6.45, 7) is 9.55. The Hall–Kier alpha value is -1.87. The van der Waals surface area contributed by atoms with Crippen molar-refractivity contribution in [1.29, 1.82) is 0 Å². The summed E-state index contributed by atoms with van der Waals surface area (Å²) in [7, 11) is 0. The molecule has 0 amide bonds. The van der Waals surface area contributed by atoms with E-state index in [0.29, 0.717) is 6.04 Å². The van der Waals surface area contributed by atoms with Crippen LogP contribution in [-0.4, -0.2) is 10.6 Å². The monoisotopic (exact) mass is 310 g/mol.